The van der Waals surface area contributed by atoms with E-state index in [-0.39, 0.29) is 11.9 Å². The topological polar surface area (TPSA) is 58.4 Å². The minimum atomic E-state index is -0.0390. The molecule has 1 N–H and O–H groups in total. The fraction of sp³-hybridized carbons (Fsp3) is 0.263. The molecule has 0 saturated carbocycles. The van der Waals surface area contributed by atoms with Crippen LogP contribution in [0.15, 0.2) is 52.9 Å². The first-order valence-electron chi connectivity index (χ1n) is 8.37. The third-order valence-corrected chi connectivity index (χ3v) is 5.16. The van der Waals surface area contributed by atoms with Crippen molar-refractivity contribution in [1.29, 1.82) is 0 Å². The van der Waals surface area contributed by atoms with Crippen LogP contribution in [0.3, 0.4) is 0 Å². The molecule has 1 fully saturated rings. The largest absolute Gasteiger partial charge is 0.423 e. The van der Waals surface area contributed by atoms with Crippen molar-refractivity contribution >= 4 is 45.6 Å². The number of anilines is 1. The number of para-hydroxylation sites is 2. The molecule has 1 aliphatic heterocycles. The average Bonchev–Trinajstić information content (AvgIpc) is 3.25. The zero-order valence-electron chi connectivity index (χ0n) is 13.6. The smallest absolute Gasteiger partial charge is 0.298 e. The van der Waals surface area contributed by atoms with Gasteiger partial charge in [-0.2, -0.15) is 4.98 Å². The van der Waals surface area contributed by atoms with Crippen LogP contribution in [0, 0.1) is 3.57 Å². The van der Waals surface area contributed by atoms with Crippen LogP contribution in [-0.4, -0.2) is 30.0 Å². The summed E-state index contributed by atoms with van der Waals surface area (Å²) in [6.07, 6.45) is 2.09. The Morgan fingerprint density at radius 1 is 1.28 bits per heavy atom. The Kier molecular flexibility index (Phi) is 4.61. The Hall–Kier alpha value is -2.09. The summed E-state index contributed by atoms with van der Waals surface area (Å²) in [5.74, 6) is -0.0390. The third-order valence-electron chi connectivity index (χ3n) is 4.49. The van der Waals surface area contributed by atoms with Crippen molar-refractivity contribution in [3.05, 3.63) is 57.7 Å². The fourth-order valence-corrected chi connectivity index (χ4v) is 3.77. The van der Waals surface area contributed by atoms with E-state index in [0.29, 0.717) is 18.1 Å². The highest BCUT2D eigenvalue weighted by atomic mass is 127. The van der Waals surface area contributed by atoms with Gasteiger partial charge in [0, 0.05) is 22.2 Å². The van der Waals surface area contributed by atoms with Gasteiger partial charge in [0.05, 0.1) is 6.04 Å². The van der Waals surface area contributed by atoms with Gasteiger partial charge < -0.3 is 14.6 Å². The molecule has 4 rings (SSSR count). The normalized spacial score (nSPS) is 17.2. The Morgan fingerprint density at radius 2 is 2.16 bits per heavy atom. The van der Waals surface area contributed by atoms with Gasteiger partial charge in [-0.05, 0) is 65.8 Å². The molecule has 1 aromatic heterocycles. The molecule has 1 atom stereocenters. The van der Waals surface area contributed by atoms with Gasteiger partial charge in [0.15, 0.2) is 5.58 Å². The number of hydrogen-bond acceptors (Lipinski definition) is 4. The molecule has 25 heavy (non-hydrogen) atoms. The SMILES string of the molecule is O=C(NCC1CCCN1c1nc2ccccc2o1)c1cccc(I)c1. The minimum absolute atomic E-state index is 0.0390. The summed E-state index contributed by atoms with van der Waals surface area (Å²) in [6, 6.07) is 16.2. The lowest BCUT2D eigenvalue weighted by molar-refractivity contribution is 0.0951. The molecule has 0 radical (unpaired) electrons. The number of carbonyl (C=O) groups excluding carboxylic acids is 1. The summed E-state index contributed by atoms with van der Waals surface area (Å²) in [5.41, 5.74) is 2.36. The lowest BCUT2D eigenvalue weighted by Gasteiger charge is -2.23. The number of amides is 1. The molecule has 5 nitrogen and oxygen atoms in total. The van der Waals surface area contributed by atoms with Crippen LogP contribution in [-0.2, 0) is 0 Å². The van der Waals surface area contributed by atoms with Crippen LogP contribution < -0.4 is 10.2 Å². The van der Waals surface area contributed by atoms with Crippen LogP contribution in [0.4, 0.5) is 6.01 Å². The first kappa shape index (κ1) is 16.4. The molecule has 3 aromatic rings. The van der Waals surface area contributed by atoms with E-state index in [0.717, 1.165) is 34.1 Å². The van der Waals surface area contributed by atoms with Crippen molar-refractivity contribution in [1.82, 2.24) is 10.3 Å². The van der Waals surface area contributed by atoms with Crippen molar-refractivity contribution in [3.8, 4) is 0 Å². The van der Waals surface area contributed by atoms with Gasteiger partial charge in [-0.15, -0.1) is 0 Å². The molecule has 2 heterocycles. The molecule has 1 saturated heterocycles. The Labute approximate surface area is 159 Å². The number of halogens is 1. The molecule has 1 aliphatic rings. The number of nitrogens with one attached hydrogen (secondary N) is 1. The summed E-state index contributed by atoms with van der Waals surface area (Å²) in [6.45, 7) is 1.49. The molecular formula is C19H18IN3O2. The van der Waals surface area contributed by atoms with E-state index in [1.54, 1.807) is 0 Å². The summed E-state index contributed by atoms with van der Waals surface area (Å²) < 4.78 is 6.95. The van der Waals surface area contributed by atoms with Crippen LogP contribution in [0.5, 0.6) is 0 Å². The first-order chi connectivity index (χ1) is 12.2. The van der Waals surface area contributed by atoms with Crippen molar-refractivity contribution in [2.75, 3.05) is 18.0 Å². The molecule has 6 heteroatoms. The van der Waals surface area contributed by atoms with Gasteiger partial charge >= 0.3 is 0 Å². The monoisotopic (exact) mass is 447 g/mol. The van der Waals surface area contributed by atoms with Gasteiger partial charge in [-0.25, -0.2) is 0 Å². The Balaban J connectivity index is 1.45. The van der Waals surface area contributed by atoms with Crippen LogP contribution >= 0.6 is 22.6 Å². The quantitative estimate of drug-likeness (QED) is 0.618. The second kappa shape index (κ2) is 7.03. The van der Waals surface area contributed by atoms with Gasteiger partial charge in [-0.1, -0.05) is 18.2 Å². The number of oxazole rings is 1. The van der Waals surface area contributed by atoms with Gasteiger partial charge in [0.25, 0.3) is 11.9 Å². The summed E-state index contributed by atoms with van der Waals surface area (Å²) in [4.78, 5) is 19.1. The van der Waals surface area contributed by atoms with Crippen LogP contribution in [0.2, 0.25) is 0 Å². The summed E-state index contributed by atoms with van der Waals surface area (Å²) in [5, 5.41) is 3.05. The molecule has 128 valence electrons. The number of nitrogens with zero attached hydrogens (tertiary/aromatic N) is 2. The van der Waals surface area contributed by atoms with Gasteiger partial charge in [0.2, 0.25) is 0 Å². The van der Waals surface area contributed by atoms with E-state index in [9.17, 15) is 4.79 Å². The van der Waals surface area contributed by atoms with E-state index in [4.69, 9.17) is 4.42 Å². The highest BCUT2D eigenvalue weighted by Crippen LogP contribution is 2.28. The highest BCUT2D eigenvalue weighted by molar-refractivity contribution is 14.1. The number of carbonyl (C=O) groups is 1. The standard InChI is InChI=1S/C19H18IN3O2/c20-14-6-3-5-13(11-14)18(24)21-12-15-7-4-10-23(15)19-22-16-8-1-2-9-17(16)25-19/h1-3,5-6,8-9,11,15H,4,7,10,12H2,(H,21,24). The molecular weight excluding hydrogens is 429 g/mol. The van der Waals surface area contributed by atoms with Gasteiger partial charge in [-0.3, -0.25) is 4.79 Å². The number of benzene rings is 2. The average molecular weight is 447 g/mol. The molecule has 0 spiro atoms. The number of aromatic nitrogens is 1. The summed E-state index contributed by atoms with van der Waals surface area (Å²) in [7, 11) is 0. The zero-order valence-corrected chi connectivity index (χ0v) is 15.8. The van der Waals surface area contributed by atoms with E-state index < -0.39 is 0 Å². The van der Waals surface area contributed by atoms with Gasteiger partial charge in [0.1, 0.15) is 5.52 Å². The lowest BCUT2D eigenvalue weighted by atomic mass is 10.2. The third kappa shape index (κ3) is 3.49. The van der Waals surface area contributed by atoms with Crippen molar-refractivity contribution < 1.29 is 9.21 Å². The predicted molar refractivity (Wildman–Crippen MR) is 106 cm³/mol. The van der Waals surface area contributed by atoms with Crippen molar-refractivity contribution in [2.45, 2.75) is 18.9 Å². The maximum Gasteiger partial charge on any atom is 0.298 e. The van der Waals surface area contributed by atoms with Crippen LogP contribution in [0.1, 0.15) is 23.2 Å². The second-order valence-corrected chi connectivity index (χ2v) is 7.42. The van der Waals surface area contributed by atoms with Crippen molar-refractivity contribution in [2.24, 2.45) is 0 Å². The highest BCUT2D eigenvalue weighted by Gasteiger charge is 2.28. The number of rotatable bonds is 4. The molecule has 2 aromatic carbocycles. The second-order valence-electron chi connectivity index (χ2n) is 6.17. The molecule has 1 unspecified atom stereocenters. The van der Waals surface area contributed by atoms with Crippen molar-refractivity contribution in [3.63, 3.8) is 0 Å². The minimum Gasteiger partial charge on any atom is -0.423 e. The molecule has 0 bridgehead atoms. The lowest BCUT2D eigenvalue weighted by Crippen LogP contribution is -2.40. The van der Waals surface area contributed by atoms with E-state index in [2.05, 4.69) is 37.8 Å². The van der Waals surface area contributed by atoms with E-state index in [1.807, 2.05) is 48.5 Å². The maximum atomic E-state index is 12.4. The first-order valence-corrected chi connectivity index (χ1v) is 9.44. The van der Waals surface area contributed by atoms with E-state index >= 15 is 0 Å². The van der Waals surface area contributed by atoms with E-state index in [1.165, 1.54) is 0 Å². The Morgan fingerprint density at radius 3 is 3.00 bits per heavy atom. The van der Waals surface area contributed by atoms with Crippen LogP contribution in [0.25, 0.3) is 11.1 Å². The molecule has 0 aliphatic carbocycles. The predicted octanol–water partition coefficient (Wildman–Crippen LogP) is 3.83. The summed E-state index contributed by atoms with van der Waals surface area (Å²) >= 11 is 2.21. The Bertz CT molecular complexity index is 875. The molecule has 1 amide bonds. The zero-order chi connectivity index (χ0) is 17.2. The number of fused-ring (bicyclic) bond motifs is 1. The number of hydrogen-bond donors (Lipinski definition) is 1. The fourth-order valence-electron chi connectivity index (χ4n) is 3.22. The maximum absolute atomic E-state index is 12.4.